The number of ether oxygens (including phenoxy) is 2. The Morgan fingerprint density at radius 3 is 2.68 bits per heavy atom. The fourth-order valence-electron chi connectivity index (χ4n) is 2.32. The predicted molar refractivity (Wildman–Crippen MR) is 100 cm³/mol. The topological polar surface area (TPSA) is 64.4 Å². The highest BCUT2D eigenvalue weighted by molar-refractivity contribution is 7.71. The zero-order valence-corrected chi connectivity index (χ0v) is 14.8. The third-order valence-electron chi connectivity index (χ3n) is 3.53. The van der Waals surface area contributed by atoms with Gasteiger partial charge in [0.25, 0.3) is 0 Å². The van der Waals surface area contributed by atoms with E-state index in [2.05, 4.69) is 15.3 Å². The van der Waals surface area contributed by atoms with E-state index in [-0.39, 0.29) is 0 Å². The summed E-state index contributed by atoms with van der Waals surface area (Å²) < 4.78 is 12.8. The number of hydrogen-bond donors (Lipinski definition) is 1. The third kappa shape index (κ3) is 3.77. The largest absolute Gasteiger partial charge is 0.497 e. The van der Waals surface area contributed by atoms with E-state index in [1.54, 1.807) is 18.0 Å². The summed E-state index contributed by atoms with van der Waals surface area (Å²) in [5, 5.41) is 11.5. The first kappa shape index (κ1) is 16.9. The smallest absolute Gasteiger partial charge is 0.216 e. The molecule has 0 atom stereocenters. The molecule has 0 aliphatic carbocycles. The molecular weight excluding hydrogens is 336 g/mol. The number of nitrogens with one attached hydrogen (secondary N) is 1. The molecule has 0 radical (unpaired) electrons. The maximum atomic E-state index is 5.61. The molecule has 0 aliphatic heterocycles. The van der Waals surface area contributed by atoms with E-state index in [1.165, 1.54) is 0 Å². The standard InChI is InChI=1S/C18H18N4O2S/c1-3-24-16-7-5-4-6-14(16)12-19-22-17(20-21-18(22)25)13-8-10-15(23-2)11-9-13/h4-12H,3H2,1-2H3,(H,21,25)/b19-12+. The minimum Gasteiger partial charge on any atom is -0.497 e. The van der Waals surface area contributed by atoms with E-state index in [0.717, 1.165) is 22.6 Å². The van der Waals surface area contributed by atoms with Crippen LogP contribution in [0.25, 0.3) is 11.4 Å². The minimum atomic E-state index is 0.413. The molecule has 0 saturated carbocycles. The molecular formula is C18H18N4O2S. The molecule has 3 aromatic rings. The first-order valence-corrected chi connectivity index (χ1v) is 8.21. The van der Waals surface area contributed by atoms with Gasteiger partial charge in [-0.05, 0) is 55.5 Å². The molecule has 6 nitrogen and oxygen atoms in total. The summed E-state index contributed by atoms with van der Waals surface area (Å²) in [6.07, 6.45) is 1.71. The lowest BCUT2D eigenvalue weighted by atomic mass is 10.2. The van der Waals surface area contributed by atoms with Crippen molar-refractivity contribution in [3.05, 3.63) is 58.9 Å². The van der Waals surface area contributed by atoms with E-state index >= 15 is 0 Å². The van der Waals surface area contributed by atoms with Gasteiger partial charge in [0.1, 0.15) is 11.5 Å². The molecule has 0 aliphatic rings. The molecule has 128 valence electrons. The molecule has 0 saturated heterocycles. The number of H-pyrrole nitrogens is 1. The quantitative estimate of drug-likeness (QED) is 0.539. The number of methoxy groups -OCH3 is 1. The van der Waals surface area contributed by atoms with Gasteiger partial charge < -0.3 is 9.47 Å². The van der Waals surface area contributed by atoms with Crippen molar-refractivity contribution in [3.8, 4) is 22.9 Å². The van der Waals surface area contributed by atoms with Crippen molar-refractivity contribution in [1.29, 1.82) is 0 Å². The summed E-state index contributed by atoms with van der Waals surface area (Å²) in [5.41, 5.74) is 1.75. The average molecular weight is 354 g/mol. The Morgan fingerprint density at radius 2 is 1.96 bits per heavy atom. The van der Waals surface area contributed by atoms with Crippen molar-refractivity contribution in [2.24, 2.45) is 5.10 Å². The number of nitrogens with zero attached hydrogens (tertiary/aromatic N) is 3. The van der Waals surface area contributed by atoms with Gasteiger partial charge in [0.2, 0.25) is 4.77 Å². The van der Waals surface area contributed by atoms with Crippen LogP contribution in [0.2, 0.25) is 0 Å². The van der Waals surface area contributed by atoms with Gasteiger partial charge in [0.05, 0.1) is 19.9 Å². The van der Waals surface area contributed by atoms with Crippen LogP contribution in [0, 0.1) is 4.77 Å². The Labute approximate surface area is 150 Å². The molecule has 3 rings (SSSR count). The summed E-state index contributed by atoms with van der Waals surface area (Å²) in [6.45, 7) is 2.54. The number of hydrogen-bond acceptors (Lipinski definition) is 5. The van der Waals surface area contributed by atoms with E-state index in [0.29, 0.717) is 17.2 Å². The highest BCUT2D eigenvalue weighted by Gasteiger charge is 2.08. The minimum absolute atomic E-state index is 0.413. The number of rotatable bonds is 6. The molecule has 25 heavy (non-hydrogen) atoms. The van der Waals surface area contributed by atoms with Crippen molar-refractivity contribution in [3.63, 3.8) is 0 Å². The molecule has 1 heterocycles. The van der Waals surface area contributed by atoms with Crippen molar-refractivity contribution in [2.75, 3.05) is 13.7 Å². The second-order valence-corrected chi connectivity index (χ2v) is 5.49. The normalized spacial score (nSPS) is 11.0. The zero-order chi connectivity index (χ0) is 17.6. The van der Waals surface area contributed by atoms with Crippen LogP contribution in [-0.4, -0.2) is 34.8 Å². The third-order valence-corrected chi connectivity index (χ3v) is 3.79. The summed E-state index contributed by atoms with van der Waals surface area (Å²) >= 11 is 5.30. The van der Waals surface area contributed by atoms with Crippen LogP contribution in [0.1, 0.15) is 12.5 Å². The van der Waals surface area contributed by atoms with Gasteiger partial charge >= 0.3 is 0 Å². The van der Waals surface area contributed by atoms with Gasteiger partial charge in [0.15, 0.2) is 5.82 Å². The number of aromatic nitrogens is 3. The Kier molecular flexibility index (Phi) is 5.25. The molecule has 0 spiro atoms. The first-order valence-electron chi connectivity index (χ1n) is 7.81. The van der Waals surface area contributed by atoms with Crippen molar-refractivity contribution in [1.82, 2.24) is 14.9 Å². The lowest BCUT2D eigenvalue weighted by molar-refractivity contribution is 0.340. The summed E-state index contributed by atoms with van der Waals surface area (Å²) in [4.78, 5) is 0. The molecule has 1 aromatic heterocycles. The lowest BCUT2D eigenvalue weighted by Gasteiger charge is -2.06. The van der Waals surface area contributed by atoms with Crippen LogP contribution in [0.15, 0.2) is 53.6 Å². The van der Waals surface area contributed by atoms with Gasteiger partial charge in [-0.1, -0.05) is 12.1 Å². The Hall–Kier alpha value is -2.93. The SMILES string of the molecule is CCOc1ccccc1/C=N/n1c(-c2ccc(OC)cc2)n[nH]c1=S. The van der Waals surface area contributed by atoms with Crippen LogP contribution >= 0.6 is 12.2 Å². The van der Waals surface area contributed by atoms with E-state index in [9.17, 15) is 0 Å². The highest BCUT2D eigenvalue weighted by Crippen LogP contribution is 2.21. The van der Waals surface area contributed by atoms with E-state index < -0.39 is 0 Å². The molecule has 7 heteroatoms. The lowest BCUT2D eigenvalue weighted by Crippen LogP contribution is -1.98. The van der Waals surface area contributed by atoms with Gasteiger partial charge in [-0.25, -0.2) is 5.10 Å². The second-order valence-electron chi connectivity index (χ2n) is 5.11. The second kappa shape index (κ2) is 7.76. The van der Waals surface area contributed by atoms with Gasteiger partial charge in [-0.2, -0.15) is 14.9 Å². The number of para-hydroxylation sites is 1. The van der Waals surface area contributed by atoms with E-state index in [4.69, 9.17) is 21.7 Å². The molecule has 0 fully saturated rings. The predicted octanol–water partition coefficient (Wildman–Crippen LogP) is 3.90. The fraction of sp³-hybridized carbons (Fsp3) is 0.167. The Balaban J connectivity index is 1.96. The van der Waals surface area contributed by atoms with Gasteiger partial charge in [-0.3, -0.25) is 0 Å². The maximum absolute atomic E-state index is 5.61. The van der Waals surface area contributed by atoms with Crippen LogP contribution < -0.4 is 9.47 Å². The van der Waals surface area contributed by atoms with Crippen LogP contribution in [0.5, 0.6) is 11.5 Å². The van der Waals surface area contributed by atoms with Crippen LogP contribution in [0.3, 0.4) is 0 Å². The molecule has 0 unspecified atom stereocenters. The number of aromatic amines is 1. The molecule has 2 aromatic carbocycles. The Morgan fingerprint density at radius 1 is 1.20 bits per heavy atom. The average Bonchev–Trinajstić information content (AvgIpc) is 3.02. The summed E-state index contributed by atoms with van der Waals surface area (Å²) in [6, 6.07) is 15.2. The Bertz CT molecular complexity index is 929. The zero-order valence-electron chi connectivity index (χ0n) is 14.0. The van der Waals surface area contributed by atoms with Crippen molar-refractivity contribution >= 4 is 18.4 Å². The maximum Gasteiger partial charge on any atom is 0.216 e. The van der Waals surface area contributed by atoms with Crippen LogP contribution in [-0.2, 0) is 0 Å². The monoisotopic (exact) mass is 354 g/mol. The van der Waals surface area contributed by atoms with E-state index in [1.807, 2.05) is 55.5 Å². The van der Waals surface area contributed by atoms with Crippen molar-refractivity contribution < 1.29 is 9.47 Å². The molecule has 0 amide bonds. The molecule has 0 bridgehead atoms. The summed E-state index contributed by atoms with van der Waals surface area (Å²) in [7, 11) is 1.63. The number of benzene rings is 2. The molecule has 1 N–H and O–H groups in total. The van der Waals surface area contributed by atoms with Gasteiger partial charge in [-0.15, -0.1) is 0 Å². The van der Waals surface area contributed by atoms with Crippen molar-refractivity contribution in [2.45, 2.75) is 6.92 Å². The fourth-order valence-corrected chi connectivity index (χ4v) is 2.50. The first-order chi connectivity index (χ1) is 12.2. The van der Waals surface area contributed by atoms with Gasteiger partial charge in [0, 0.05) is 11.1 Å². The summed E-state index contributed by atoms with van der Waals surface area (Å²) in [5.74, 6) is 2.17. The highest BCUT2D eigenvalue weighted by atomic mass is 32.1. The van der Waals surface area contributed by atoms with Crippen LogP contribution in [0.4, 0.5) is 0 Å².